The van der Waals surface area contributed by atoms with Crippen molar-refractivity contribution >= 4 is 11.9 Å². The first-order valence-electron chi connectivity index (χ1n) is 7.35. The van der Waals surface area contributed by atoms with Crippen LogP contribution in [-0.4, -0.2) is 35.0 Å². The van der Waals surface area contributed by atoms with E-state index in [1.54, 1.807) is 12.1 Å². The van der Waals surface area contributed by atoms with Crippen molar-refractivity contribution in [3.8, 4) is 0 Å². The first kappa shape index (κ1) is 14.1. The van der Waals surface area contributed by atoms with Gasteiger partial charge < -0.3 is 15.3 Å². The van der Waals surface area contributed by atoms with Crippen molar-refractivity contribution in [2.45, 2.75) is 32.9 Å². The summed E-state index contributed by atoms with van der Waals surface area (Å²) in [5.74, 6) is -0.756. The van der Waals surface area contributed by atoms with E-state index in [9.17, 15) is 9.59 Å². The Morgan fingerprint density at radius 1 is 1.29 bits per heavy atom. The average molecular weight is 288 g/mol. The highest BCUT2D eigenvalue weighted by molar-refractivity contribution is 5.88. The molecule has 21 heavy (non-hydrogen) atoms. The van der Waals surface area contributed by atoms with Crippen molar-refractivity contribution in [1.29, 1.82) is 0 Å². The molecule has 1 aromatic rings. The Balaban J connectivity index is 1.78. The lowest BCUT2D eigenvalue weighted by Crippen LogP contribution is -2.48. The first-order chi connectivity index (χ1) is 9.99. The maximum Gasteiger partial charge on any atom is 0.335 e. The minimum absolute atomic E-state index is 0.169. The molecule has 112 valence electrons. The quantitative estimate of drug-likeness (QED) is 0.867. The van der Waals surface area contributed by atoms with E-state index < -0.39 is 5.97 Å². The minimum atomic E-state index is -0.925. The standard InChI is InChI=1S/C16H20N2O3/c1-16(5-2-6-17-10-16)15(21)18-8-12-4-3-11(14(19)20)7-13(12)9-18/h3-4,7,17H,2,5-6,8-10H2,1H3,(H,19,20). The van der Waals surface area contributed by atoms with Gasteiger partial charge in [0.25, 0.3) is 0 Å². The molecular formula is C16H20N2O3. The van der Waals surface area contributed by atoms with E-state index in [0.717, 1.165) is 37.1 Å². The molecule has 2 N–H and O–H groups in total. The fourth-order valence-corrected chi connectivity index (χ4v) is 3.29. The van der Waals surface area contributed by atoms with Crippen LogP contribution in [0.4, 0.5) is 0 Å². The van der Waals surface area contributed by atoms with E-state index in [1.807, 2.05) is 17.9 Å². The van der Waals surface area contributed by atoms with Gasteiger partial charge in [-0.25, -0.2) is 4.79 Å². The van der Waals surface area contributed by atoms with Crippen LogP contribution in [0.1, 0.15) is 41.3 Å². The molecule has 0 aliphatic carbocycles. The Bertz CT molecular complexity index is 591. The third kappa shape index (κ3) is 2.53. The monoisotopic (exact) mass is 288 g/mol. The summed E-state index contributed by atoms with van der Waals surface area (Å²) in [5.41, 5.74) is 1.96. The highest BCUT2D eigenvalue weighted by Gasteiger charge is 2.39. The Morgan fingerprint density at radius 2 is 2.05 bits per heavy atom. The molecule has 0 radical (unpaired) electrons. The number of carboxylic acids is 1. The van der Waals surface area contributed by atoms with Crippen LogP contribution >= 0.6 is 0 Å². The molecule has 1 fully saturated rings. The van der Waals surface area contributed by atoms with E-state index in [4.69, 9.17) is 5.11 Å². The zero-order valence-electron chi connectivity index (χ0n) is 12.2. The van der Waals surface area contributed by atoms with Crippen molar-refractivity contribution in [2.75, 3.05) is 13.1 Å². The highest BCUT2D eigenvalue weighted by atomic mass is 16.4. The molecule has 1 amide bonds. The number of hydrogen-bond acceptors (Lipinski definition) is 3. The zero-order chi connectivity index (χ0) is 15.0. The van der Waals surface area contributed by atoms with E-state index in [-0.39, 0.29) is 16.9 Å². The third-order valence-corrected chi connectivity index (χ3v) is 4.58. The molecule has 2 aliphatic rings. The van der Waals surface area contributed by atoms with Crippen LogP contribution in [0.15, 0.2) is 18.2 Å². The number of carboxylic acid groups (broad SMARTS) is 1. The Morgan fingerprint density at radius 3 is 2.71 bits per heavy atom. The van der Waals surface area contributed by atoms with Crippen molar-refractivity contribution in [1.82, 2.24) is 10.2 Å². The van der Waals surface area contributed by atoms with Crippen molar-refractivity contribution in [2.24, 2.45) is 5.41 Å². The van der Waals surface area contributed by atoms with Crippen molar-refractivity contribution < 1.29 is 14.7 Å². The number of hydrogen-bond donors (Lipinski definition) is 2. The highest BCUT2D eigenvalue weighted by Crippen LogP contribution is 2.32. The number of benzene rings is 1. The molecule has 0 spiro atoms. The molecule has 3 rings (SSSR count). The number of nitrogens with zero attached hydrogens (tertiary/aromatic N) is 1. The van der Waals surface area contributed by atoms with Crippen LogP contribution in [0.5, 0.6) is 0 Å². The molecule has 1 saturated heterocycles. The van der Waals surface area contributed by atoms with Crippen LogP contribution in [0.3, 0.4) is 0 Å². The van der Waals surface area contributed by atoms with E-state index >= 15 is 0 Å². The molecule has 0 aromatic heterocycles. The Labute approximate surface area is 123 Å². The van der Waals surface area contributed by atoms with Gasteiger partial charge in [-0.1, -0.05) is 6.07 Å². The van der Waals surface area contributed by atoms with Crippen LogP contribution in [0.2, 0.25) is 0 Å². The second-order valence-electron chi connectivity index (χ2n) is 6.29. The largest absolute Gasteiger partial charge is 0.478 e. The number of carbonyl (C=O) groups is 2. The molecule has 1 atom stereocenters. The van der Waals surface area contributed by atoms with Crippen LogP contribution in [0, 0.1) is 5.41 Å². The lowest BCUT2D eigenvalue weighted by atomic mass is 9.81. The average Bonchev–Trinajstić information content (AvgIpc) is 2.89. The van der Waals surface area contributed by atoms with Gasteiger partial charge in [-0.05, 0) is 49.6 Å². The zero-order valence-corrected chi connectivity index (χ0v) is 12.2. The summed E-state index contributed by atoms with van der Waals surface area (Å²) in [6, 6.07) is 5.12. The van der Waals surface area contributed by atoms with Crippen molar-refractivity contribution in [3.05, 3.63) is 34.9 Å². The number of piperidine rings is 1. The second-order valence-corrected chi connectivity index (χ2v) is 6.29. The SMILES string of the molecule is CC1(C(=O)N2Cc3ccc(C(=O)O)cc3C2)CCCNC1. The lowest BCUT2D eigenvalue weighted by Gasteiger charge is -2.35. The molecule has 0 saturated carbocycles. The van der Waals surface area contributed by atoms with Gasteiger partial charge in [-0.2, -0.15) is 0 Å². The molecule has 1 aromatic carbocycles. The van der Waals surface area contributed by atoms with Crippen LogP contribution < -0.4 is 5.32 Å². The van der Waals surface area contributed by atoms with Gasteiger partial charge in [-0.3, -0.25) is 4.79 Å². The Hall–Kier alpha value is -1.88. The van der Waals surface area contributed by atoms with E-state index in [0.29, 0.717) is 13.1 Å². The summed E-state index contributed by atoms with van der Waals surface area (Å²) < 4.78 is 0. The smallest absolute Gasteiger partial charge is 0.335 e. The lowest BCUT2D eigenvalue weighted by molar-refractivity contribution is -0.142. The summed E-state index contributed by atoms with van der Waals surface area (Å²) in [7, 11) is 0. The number of amides is 1. The molecule has 2 aliphatic heterocycles. The van der Waals surface area contributed by atoms with Gasteiger partial charge in [0.05, 0.1) is 11.0 Å². The van der Waals surface area contributed by atoms with E-state index in [2.05, 4.69) is 5.32 Å². The predicted octanol–water partition coefficient (Wildman–Crippen LogP) is 1.62. The van der Waals surface area contributed by atoms with Crippen molar-refractivity contribution in [3.63, 3.8) is 0 Å². The molecule has 1 unspecified atom stereocenters. The normalized spacial score (nSPS) is 24.7. The maximum absolute atomic E-state index is 12.8. The maximum atomic E-state index is 12.8. The number of fused-ring (bicyclic) bond motifs is 1. The molecule has 2 heterocycles. The number of rotatable bonds is 2. The summed E-state index contributed by atoms with van der Waals surface area (Å²) >= 11 is 0. The molecular weight excluding hydrogens is 268 g/mol. The summed E-state index contributed by atoms with van der Waals surface area (Å²) in [5, 5.41) is 12.3. The first-order valence-corrected chi connectivity index (χ1v) is 7.35. The topological polar surface area (TPSA) is 69.6 Å². The minimum Gasteiger partial charge on any atom is -0.478 e. The third-order valence-electron chi connectivity index (χ3n) is 4.58. The fourth-order valence-electron chi connectivity index (χ4n) is 3.29. The van der Waals surface area contributed by atoms with Gasteiger partial charge in [0.1, 0.15) is 0 Å². The summed E-state index contributed by atoms with van der Waals surface area (Å²) in [6.45, 7) is 4.83. The number of aromatic carboxylic acids is 1. The fraction of sp³-hybridized carbons (Fsp3) is 0.500. The molecule has 5 nitrogen and oxygen atoms in total. The van der Waals surface area contributed by atoms with Crippen LogP contribution in [0.25, 0.3) is 0 Å². The van der Waals surface area contributed by atoms with Gasteiger partial charge in [0.2, 0.25) is 5.91 Å². The van der Waals surface area contributed by atoms with Gasteiger partial charge in [-0.15, -0.1) is 0 Å². The summed E-state index contributed by atoms with van der Waals surface area (Å²) in [6.07, 6.45) is 1.93. The number of carbonyl (C=O) groups excluding carboxylic acids is 1. The van der Waals surface area contributed by atoms with Gasteiger partial charge in [0, 0.05) is 19.6 Å². The second kappa shape index (κ2) is 5.15. The summed E-state index contributed by atoms with van der Waals surface area (Å²) in [4.78, 5) is 25.7. The predicted molar refractivity (Wildman–Crippen MR) is 77.9 cm³/mol. The van der Waals surface area contributed by atoms with E-state index in [1.165, 1.54) is 0 Å². The Kier molecular flexibility index (Phi) is 3.45. The van der Waals surface area contributed by atoms with Gasteiger partial charge in [0.15, 0.2) is 0 Å². The van der Waals surface area contributed by atoms with Gasteiger partial charge >= 0.3 is 5.97 Å². The molecule has 5 heteroatoms. The molecule has 0 bridgehead atoms. The number of nitrogens with one attached hydrogen (secondary N) is 1. The van der Waals surface area contributed by atoms with Crippen LogP contribution in [-0.2, 0) is 17.9 Å².